The average Bonchev–Trinajstić information content (AvgIpc) is 2.44. The number of nitrogens with zero attached hydrogens (tertiary/aromatic N) is 1. The molecule has 3 nitrogen and oxygen atoms in total. The molecule has 1 amide bonds. The first-order valence-corrected chi connectivity index (χ1v) is 5.82. The van der Waals surface area contributed by atoms with Gasteiger partial charge < -0.3 is 5.32 Å². The molecule has 3 aromatic rings. The molecule has 0 aliphatic rings. The third kappa shape index (κ3) is 1.70. The number of hydrogen-bond acceptors (Lipinski definition) is 2. The minimum atomic E-state index is 0.524. The van der Waals surface area contributed by atoms with E-state index in [9.17, 15) is 4.79 Å². The lowest BCUT2D eigenvalue weighted by Crippen LogP contribution is -2.10. The van der Waals surface area contributed by atoms with Gasteiger partial charge in [-0.25, -0.2) is 0 Å². The molecule has 0 spiro atoms. The van der Waals surface area contributed by atoms with Crippen LogP contribution < -0.4 is 5.32 Å². The predicted octanol–water partition coefficient (Wildman–Crippen LogP) is 2.63. The zero-order valence-electron chi connectivity index (χ0n) is 9.76. The molecule has 0 aliphatic heterocycles. The van der Waals surface area contributed by atoms with Gasteiger partial charge in [-0.1, -0.05) is 36.4 Å². The van der Waals surface area contributed by atoms with E-state index < -0.39 is 0 Å². The number of amides is 1. The number of carbonyl (C=O) groups is 1. The lowest BCUT2D eigenvalue weighted by atomic mass is 10.0. The highest BCUT2D eigenvalue weighted by molar-refractivity contribution is 6.07. The first kappa shape index (κ1) is 10.7. The number of hydrogen-bond donors (Lipinski definition) is 1. The third-order valence-electron chi connectivity index (χ3n) is 3.08. The Morgan fingerprint density at radius 3 is 2.89 bits per heavy atom. The second kappa shape index (κ2) is 4.45. The Balaban J connectivity index is 2.35. The summed E-state index contributed by atoms with van der Waals surface area (Å²) in [6.45, 7) is 0.524. The van der Waals surface area contributed by atoms with E-state index in [-0.39, 0.29) is 0 Å². The molecule has 1 N–H and O–H groups in total. The summed E-state index contributed by atoms with van der Waals surface area (Å²) in [6, 6.07) is 14.1. The Kier molecular flexibility index (Phi) is 2.65. The van der Waals surface area contributed by atoms with Crippen LogP contribution in [0.4, 0.5) is 0 Å². The first-order valence-electron chi connectivity index (χ1n) is 5.82. The van der Waals surface area contributed by atoms with E-state index in [1.54, 1.807) is 0 Å². The van der Waals surface area contributed by atoms with Crippen LogP contribution in [0.1, 0.15) is 5.56 Å². The van der Waals surface area contributed by atoms with Crippen LogP contribution in [0.3, 0.4) is 0 Å². The van der Waals surface area contributed by atoms with Crippen molar-refractivity contribution in [1.29, 1.82) is 0 Å². The highest BCUT2D eigenvalue weighted by Gasteiger charge is 2.05. The summed E-state index contributed by atoms with van der Waals surface area (Å²) >= 11 is 0. The summed E-state index contributed by atoms with van der Waals surface area (Å²) in [5.74, 6) is 0. The Bertz CT molecular complexity index is 722. The molecule has 0 atom stereocenters. The molecule has 0 bridgehead atoms. The number of benzene rings is 2. The normalized spacial score (nSPS) is 10.7. The second-order valence-electron chi connectivity index (χ2n) is 4.16. The smallest absolute Gasteiger partial charge is 0.207 e. The van der Waals surface area contributed by atoms with Crippen molar-refractivity contribution in [3.8, 4) is 0 Å². The van der Waals surface area contributed by atoms with Gasteiger partial charge in [-0.05, 0) is 17.0 Å². The first-order chi connectivity index (χ1) is 8.90. The average molecular weight is 236 g/mol. The number of fused-ring (bicyclic) bond motifs is 3. The fourth-order valence-electron chi connectivity index (χ4n) is 2.28. The van der Waals surface area contributed by atoms with Crippen molar-refractivity contribution in [3.05, 3.63) is 54.2 Å². The van der Waals surface area contributed by atoms with Crippen LogP contribution in [0, 0.1) is 0 Å². The third-order valence-corrected chi connectivity index (χ3v) is 3.08. The van der Waals surface area contributed by atoms with E-state index in [1.165, 1.54) is 5.39 Å². The summed E-state index contributed by atoms with van der Waals surface area (Å²) in [5, 5.41) is 6.12. The molecule has 2 aromatic carbocycles. The van der Waals surface area contributed by atoms with Crippen molar-refractivity contribution in [1.82, 2.24) is 10.3 Å². The highest BCUT2D eigenvalue weighted by Crippen LogP contribution is 2.26. The quantitative estimate of drug-likeness (QED) is 0.561. The van der Waals surface area contributed by atoms with Crippen LogP contribution >= 0.6 is 0 Å². The molecular formula is C15H12N2O. The van der Waals surface area contributed by atoms with Crippen LogP contribution in [0.5, 0.6) is 0 Å². The number of aromatic nitrogens is 1. The number of nitrogens with one attached hydrogen (secondary N) is 1. The van der Waals surface area contributed by atoms with E-state index in [0.29, 0.717) is 6.54 Å². The summed E-state index contributed by atoms with van der Waals surface area (Å²) in [5.41, 5.74) is 2.04. The Labute approximate surface area is 104 Å². The molecule has 18 heavy (non-hydrogen) atoms. The molecule has 3 rings (SSSR count). The zero-order valence-corrected chi connectivity index (χ0v) is 9.76. The molecule has 0 fully saturated rings. The summed E-state index contributed by atoms with van der Waals surface area (Å²) in [4.78, 5) is 14.9. The second-order valence-corrected chi connectivity index (χ2v) is 4.16. The number of carbonyl (C=O) groups excluding carboxylic acids is 1. The largest absolute Gasteiger partial charge is 0.355 e. The molecule has 0 saturated heterocycles. The molecule has 0 saturated carbocycles. The highest BCUT2D eigenvalue weighted by atomic mass is 16.1. The molecule has 88 valence electrons. The van der Waals surface area contributed by atoms with Gasteiger partial charge in [-0.2, -0.15) is 0 Å². The monoisotopic (exact) mass is 236 g/mol. The SMILES string of the molecule is O=CNCc1cccc2ncc3ccccc3c12. The van der Waals surface area contributed by atoms with Crippen LogP contribution in [0.15, 0.2) is 48.7 Å². The van der Waals surface area contributed by atoms with Gasteiger partial charge in [0.1, 0.15) is 0 Å². The predicted molar refractivity (Wildman–Crippen MR) is 72.2 cm³/mol. The summed E-state index contributed by atoms with van der Waals surface area (Å²) in [6.07, 6.45) is 2.60. The minimum Gasteiger partial charge on any atom is -0.355 e. The standard InChI is InChI=1S/C15H12N2O/c18-10-16-8-12-5-3-7-14-15(12)13-6-2-1-4-11(13)9-17-14/h1-7,9-10H,8H2,(H,16,18). The lowest BCUT2D eigenvalue weighted by molar-refractivity contribution is -0.109. The summed E-state index contributed by atoms with van der Waals surface area (Å²) < 4.78 is 0. The summed E-state index contributed by atoms with van der Waals surface area (Å²) in [7, 11) is 0. The van der Waals surface area contributed by atoms with Crippen molar-refractivity contribution in [2.45, 2.75) is 6.54 Å². The number of rotatable bonds is 3. The molecule has 0 radical (unpaired) electrons. The van der Waals surface area contributed by atoms with Crippen LogP contribution in [0.25, 0.3) is 21.7 Å². The maximum atomic E-state index is 10.5. The van der Waals surface area contributed by atoms with Crippen molar-refractivity contribution in [2.75, 3.05) is 0 Å². The Hall–Kier alpha value is -2.42. The van der Waals surface area contributed by atoms with Gasteiger partial charge in [0.2, 0.25) is 6.41 Å². The molecule has 1 heterocycles. The Morgan fingerprint density at radius 2 is 2.00 bits per heavy atom. The van der Waals surface area contributed by atoms with Crippen LogP contribution in [-0.2, 0) is 11.3 Å². The fourth-order valence-corrected chi connectivity index (χ4v) is 2.28. The maximum absolute atomic E-state index is 10.5. The van der Waals surface area contributed by atoms with Gasteiger partial charge in [-0.3, -0.25) is 9.78 Å². The molecule has 0 aliphatic carbocycles. The van der Waals surface area contributed by atoms with Gasteiger partial charge in [0.15, 0.2) is 0 Å². The van der Waals surface area contributed by atoms with Gasteiger partial charge in [0.25, 0.3) is 0 Å². The minimum absolute atomic E-state index is 0.524. The molecule has 3 heteroatoms. The molecule has 0 unspecified atom stereocenters. The molecule has 1 aromatic heterocycles. The van der Waals surface area contributed by atoms with Crippen molar-refractivity contribution < 1.29 is 4.79 Å². The fraction of sp³-hybridized carbons (Fsp3) is 0.0667. The van der Waals surface area contributed by atoms with E-state index in [4.69, 9.17) is 0 Å². The van der Waals surface area contributed by atoms with Crippen molar-refractivity contribution >= 4 is 28.1 Å². The zero-order chi connectivity index (χ0) is 12.4. The van der Waals surface area contributed by atoms with Gasteiger partial charge >= 0.3 is 0 Å². The van der Waals surface area contributed by atoms with E-state index in [0.717, 1.165) is 28.3 Å². The van der Waals surface area contributed by atoms with Crippen LogP contribution in [-0.4, -0.2) is 11.4 Å². The van der Waals surface area contributed by atoms with Crippen LogP contribution in [0.2, 0.25) is 0 Å². The number of pyridine rings is 1. The van der Waals surface area contributed by atoms with Gasteiger partial charge in [-0.15, -0.1) is 0 Å². The van der Waals surface area contributed by atoms with E-state index >= 15 is 0 Å². The molecular weight excluding hydrogens is 224 g/mol. The van der Waals surface area contributed by atoms with E-state index in [2.05, 4.69) is 16.4 Å². The lowest BCUT2D eigenvalue weighted by Gasteiger charge is -2.08. The maximum Gasteiger partial charge on any atom is 0.207 e. The van der Waals surface area contributed by atoms with Gasteiger partial charge in [0, 0.05) is 23.5 Å². The van der Waals surface area contributed by atoms with Gasteiger partial charge in [0.05, 0.1) is 5.52 Å². The van der Waals surface area contributed by atoms with Crippen molar-refractivity contribution in [2.24, 2.45) is 0 Å². The van der Waals surface area contributed by atoms with E-state index in [1.807, 2.05) is 42.6 Å². The topological polar surface area (TPSA) is 42.0 Å². The Morgan fingerprint density at radius 1 is 1.11 bits per heavy atom. The van der Waals surface area contributed by atoms with Crippen molar-refractivity contribution in [3.63, 3.8) is 0 Å².